The Balaban J connectivity index is 1.73. The number of nitrogens with zero attached hydrogens (tertiary/aromatic N) is 1. The summed E-state index contributed by atoms with van der Waals surface area (Å²) < 4.78 is 5.16. The van der Waals surface area contributed by atoms with Crippen LogP contribution >= 0.6 is 0 Å². The first-order chi connectivity index (χ1) is 13.1. The highest BCUT2D eigenvalue weighted by molar-refractivity contribution is 5.81. The van der Waals surface area contributed by atoms with Crippen molar-refractivity contribution in [1.29, 1.82) is 0 Å². The van der Waals surface area contributed by atoms with Crippen LogP contribution in [0, 0.1) is 0 Å². The SMILES string of the molecule is O=C(O)CCCCCCN1C(=O)OCC[C@@H]1CCC(=O)Cc1ccccc1. The normalized spacial score (nSPS) is 16.8. The predicted octanol–water partition coefficient (Wildman–Crippen LogP) is 3.82. The number of rotatable bonds is 12. The summed E-state index contributed by atoms with van der Waals surface area (Å²) in [6.45, 7) is 1.01. The Morgan fingerprint density at radius 3 is 2.56 bits per heavy atom. The molecule has 0 unspecified atom stereocenters. The first-order valence-corrected chi connectivity index (χ1v) is 9.77. The summed E-state index contributed by atoms with van der Waals surface area (Å²) in [6.07, 6.45) is 5.42. The van der Waals surface area contributed by atoms with Gasteiger partial charge in [0.1, 0.15) is 5.78 Å². The summed E-state index contributed by atoms with van der Waals surface area (Å²) in [4.78, 5) is 36.6. The lowest BCUT2D eigenvalue weighted by Gasteiger charge is -2.35. The lowest BCUT2D eigenvalue weighted by atomic mass is 10.00. The van der Waals surface area contributed by atoms with Crippen molar-refractivity contribution in [2.45, 2.75) is 63.8 Å². The van der Waals surface area contributed by atoms with E-state index in [1.807, 2.05) is 30.3 Å². The number of amides is 1. The molecule has 1 aromatic rings. The summed E-state index contributed by atoms with van der Waals surface area (Å²) in [5, 5.41) is 8.64. The molecule has 27 heavy (non-hydrogen) atoms. The number of ether oxygens (including phenoxy) is 1. The van der Waals surface area contributed by atoms with Gasteiger partial charge in [0.2, 0.25) is 0 Å². The van der Waals surface area contributed by atoms with E-state index in [2.05, 4.69) is 0 Å². The number of carbonyl (C=O) groups is 3. The number of carboxylic acid groups (broad SMARTS) is 1. The van der Waals surface area contributed by atoms with E-state index >= 15 is 0 Å². The van der Waals surface area contributed by atoms with Gasteiger partial charge in [0.15, 0.2) is 0 Å². The topological polar surface area (TPSA) is 83.9 Å². The molecule has 0 aromatic heterocycles. The quantitative estimate of drug-likeness (QED) is 0.561. The number of aliphatic carboxylic acids is 1. The Bertz CT molecular complexity index is 616. The molecule has 1 atom stereocenters. The molecule has 1 fully saturated rings. The number of unbranched alkanes of at least 4 members (excludes halogenated alkanes) is 3. The van der Waals surface area contributed by atoms with E-state index < -0.39 is 5.97 Å². The second-order valence-electron chi connectivity index (χ2n) is 7.05. The highest BCUT2D eigenvalue weighted by atomic mass is 16.6. The van der Waals surface area contributed by atoms with E-state index in [1.165, 1.54) is 0 Å². The van der Waals surface area contributed by atoms with Crippen molar-refractivity contribution in [3.8, 4) is 0 Å². The van der Waals surface area contributed by atoms with Crippen LogP contribution in [-0.4, -0.2) is 47.0 Å². The summed E-state index contributed by atoms with van der Waals surface area (Å²) in [5.74, 6) is -0.580. The first kappa shape index (κ1) is 20.9. The van der Waals surface area contributed by atoms with Crippen LogP contribution in [0.25, 0.3) is 0 Å². The molecule has 2 rings (SSSR count). The molecule has 1 aliphatic rings. The lowest BCUT2D eigenvalue weighted by Crippen LogP contribution is -2.46. The third kappa shape index (κ3) is 7.81. The fourth-order valence-corrected chi connectivity index (χ4v) is 3.40. The fraction of sp³-hybridized carbons (Fsp3) is 0.571. The molecule has 1 aliphatic heterocycles. The molecular weight excluding hydrogens is 346 g/mol. The van der Waals surface area contributed by atoms with Gasteiger partial charge >= 0.3 is 12.1 Å². The van der Waals surface area contributed by atoms with Gasteiger partial charge in [-0.1, -0.05) is 43.2 Å². The third-order valence-corrected chi connectivity index (χ3v) is 4.89. The van der Waals surface area contributed by atoms with Gasteiger partial charge in [0.05, 0.1) is 6.61 Å². The predicted molar refractivity (Wildman–Crippen MR) is 102 cm³/mol. The number of cyclic esters (lactones) is 1. The van der Waals surface area contributed by atoms with E-state index in [-0.39, 0.29) is 24.3 Å². The molecular formula is C21H29NO5. The largest absolute Gasteiger partial charge is 0.481 e. The monoisotopic (exact) mass is 375 g/mol. The smallest absolute Gasteiger partial charge is 0.410 e. The van der Waals surface area contributed by atoms with Crippen LogP contribution in [0.3, 0.4) is 0 Å². The molecule has 6 heteroatoms. The highest BCUT2D eigenvalue weighted by Crippen LogP contribution is 2.20. The van der Waals surface area contributed by atoms with Crippen LogP contribution in [0.15, 0.2) is 30.3 Å². The van der Waals surface area contributed by atoms with Crippen LogP contribution in [0.1, 0.15) is 56.9 Å². The van der Waals surface area contributed by atoms with Gasteiger partial charge in [0.25, 0.3) is 0 Å². The van der Waals surface area contributed by atoms with Crippen LogP contribution < -0.4 is 0 Å². The van der Waals surface area contributed by atoms with Crippen LogP contribution in [0.5, 0.6) is 0 Å². The zero-order valence-electron chi connectivity index (χ0n) is 15.8. The molecule has 0 bridgehead atoms. The van der Waals surface area contributed by atoms with Gasteiger partial charge in [-0.3, -0.25) is 9.59 Å². The van der Waals surface area contributed by atoms with Gasteiger partial charge < -0.3 is 14.7 Å². The number of benzene rings is 1. The van der Waals surface area contributed by atoms with Crippen molar-refractivity contribution in [3.05, 3.63) is 35.9 Å². The lowest BCUT2D eigenvalue weighted by molar-refractivity contribution is -0.137. The summed E-state index contributed by atoms with van der Waals surface area (Å²) in [6, 6.07) is 9.74. The van der Waals surface area contributed by atoms with Crippen LogP contribution in [-0.2, 0) is 20.7 Å². The zero-order chi connectivity index (χ0) is 19.5. The van der Waals surface area contributed by atoms with Crippen molar-refractivity contribution < 1.29 is 24.2 Å². The second-order valence-corrected chi connectivity index (χ2v) is 7.05. The Labute approximate surface area is 160 Å². The summed E-state index contributed by atoms with van der Waals surface area (Å²) in [7, 11) is 0. The number of Topliss-reactive ketones (excluding diaryl/α,β-unsaturated/α-hetero) is 1. The molecule has 0 aliphatic carbocycles. The molecule has 1 N–H and O–H groups in total. The minimum atomic E-state index is -0.769. The van der Waals surface area contributed by atoms with E-state index in [0.717, 1.165) is 31.2 Å². The maximum Gasteiger partial charge on any atom is 0.410 e. The fourth-order valence-electron chi connectivity index (χ4n) is 3.40. The third-order valence-electron chi connectivity index (χ3n) is 4.89. The van der Waals surface area contributed by atoms with Crippen molar-refractivity contribution in [2.24, 2.45) is 0 Å². The second kappa shape index (κ2) is 11.4. The number of hydrogen-bond acceptors (Lipinski definition) is 4. The first-order valence-electron chi connectivity index (χ1n) is 9.77. The molecule has 1 saturated heterocycles. The summed E-state index contributed by atoms with van der Waals surface area (Å²) >= 11 is 0. The average Bonchev–Trinajstić information content (AvgIpc) is 2.65. The Kier molecular flexibility index (Phi) is 8.81. The van der Waals surface area contributed by atoms with Crippen LogP contribution in [0.2, 0.25) is 0 Å². The Hall–Kier alpha value is -2.37. The van der Waals surface area contributed by atoms with Gasteiger partial charge in [-0.2, -0.15) is 0 Å². The minimum Gasteiger partial charge on any atom is -0.481 e. The van der Waals surface area contributed by atoms with Crippen molar-refractivity contribution in [1.82, 2.24) is 4.90 Å². The van der Waals surface area contributed by atoms with Gasteiger partial charge in [-0.25, -0.2) is 4.79 Å². The maximum absolute atomic E-state index is 12.2. The average molecular weight is 375 g/mol. The van der Waals surface area contributed by atoms with Crippen molar-refractivity contribution >= 4 is 17.8 Å². The minimum absolute atomic E-state index is 0.0463. The number of carbonyl (C=O) groups excluding carboxylic acids is 2. The molecule has 1 amide bonds. The molecule has 1 heterocycles. The van der Waals surface area contributed by atoms with E-state index in [1.54, 1.807) is 4.90 Å². The molecule has 6 nitrogen and oxygen atoms in total. The Morgan fingerprint density at radius 1 is 1.07 bits per heavy atom. The standard InChI is InChI=1S/C21H29NO5/c23-19(16-17-8-4-3-5-9-17)12-11-18-13-15-27-21(26)22(18)14-7-2-1-6-10-20(24)25/h3-5,8-9,18H,1-2,6-7,10-16H2,(H,24,25)/t18-/m0/s1. The zero-order valence-corrected chi connectivity index (χ0v) is 15.8. The molecule has 1 aromatic carbocycles. The van der Waals surface area contributed by atoms with E-state index in [9.17, 15) is 14.4 Å². The number of hydrogen-bond donors (Lipinski definition) is 1. The van der Waals surface area contributed by atoms with Crippen molar-refractivity contribution in [3.63, 3.8) is 0 Å². The summed E-state index contributed by atoms with van der Waals surface area (Å²) in [5.41, 5.74) is 1.02. The molecule has 0 radical (unpaired) electrons. The highest BCUT2D eigenvalue weighted by Gasteiger charge is 2.29. The maximum atomic E-state index is 12.2. The molecule has 0 saturated carbocycles. The Morgan fingerprint density at radius 2 is 1.81 bits per heavy atom. The van der Waals surface area contributed by atoms with Crippen molar-refractivity contribution in [2.75, 3.05) is 13.2 Å². The molecule has 148 valence electrons. The van der Waals surface area contributed by atoms with E-state index in [0.29, 0.717) is 38.8 Å². The van der Waals surface area contributed by atoms with Gasteiger partial charge in [0, 0.05) is 38.3 Å². The molecule has 0 spiro atoms. The number of ketones is 1. The van der Waals surface area contributed by atoms with Gasteiger partial charge in [-0.05, 0) is 24.8 Å². The van der Waals surface area contributed by atoms with Gasteiger partial charge in [-0.15, -0.1) is 0 Å². The van der Waals surface area contributed by atoms with E-state index in [4.69, 9.17) is 9.84 Å². The number of carboxylic acids is 1. The van der Waals surface area contributed by atoms with Crippen LogP contribution in [0.4, 0.5) is 4.79 Å².